The zero-order valence-electron chi connectivity index (χ0n) is 19.5. The van der Waals surface area contributed by atoms with Crippen molar-refractivity contribution in [2.24, 2.45) is 0 Å². The number of rotatable bonds is 1. The van der Waals surface area contributed by atoms with Crippen LogP contribution in [0.4, 0.5) is 0 Å². The summed E-state index contributed by atoms with van der Waals surface area (Å²) in [5.74, 6) is 0. The van der Waals surface area contributed by atoms with E-state index in [1.807, 2.05) is 24.3 Å². The van der Waals surface area contributed by atoms with Crippen LogP contribution in [0.15, 0.2) is 101 Å². The average Bonchev–Trinajstić information content (AvgIpc) is 3.51. The van der Waals surface area contributed by atoms with Crippen LogP contribution in [-0.4, -0.2) is 9.55 Å². The molecule has 8 rings (SSSR count). The Labute approximate surface area is 202 Å². The first-order valence-electron chi connectivity index (χ1n) is 12.1. The Morgan fingerprint density at radius 3 is 2.31 bits per heavy atom. The molecule has 0 spiro atoms. The highest BCUT2D eigenvalue weighted by molar-refractivity contribution is 6.14. The normalized spacial score (nSPS) is 14.2. The molecule has 0 saturated heterocycles. The standard InChI is InChI=1S/C32H22N2O/c1-32(2)24-18-20-10-4-3-9-19(20)17-23(24)21-15-16-27-29(30(21)32)22-11-5-7-13-26(22)34(27)31-33-25-12-6-8-14-28(25)35-31/h3-18H,1-2H3. The Morgan fingerprint density at radius 2 is 1.46 bits per heavy atom. The second kappa shape index (κ2) is 6.39. The quantitative estimate of drug-likeness (QED) is 0.251. The molecule has 5 aromatic carbocycles. The van der Waals surface area contributed by atoms with E-state index in [1.165, 1.54) is 43.8 Å². The van der Waals surface area contributed by atoms with Gasteiger partial charge >= 0.3 is 6.01 Å². The Morgan fingerprint density at radius 1 is 0.714 bits per heavy atom. The number of aromatic nitrogens is 2. The van der Waals surface area contributed by atoms with Crippen LogP contribution >= 0.6 is 0 Å². The monoisotopic (exact) mass is 450 g/mol. The predicted octanol–water partition coefficient (Wildman–Crippen LogP) is 8.38. The molecule has 2 aromatic heterocycles. The Kier molecular flexibility index (Phi) is 3.47. The molecule has 1 aliphatic carbocycles. The van der Waals surface area contributed by atoms with E-state index in [0.717, 1.165) is 22.1 Å². The summed E-state index contributed by atoms with van der Waals surface area (Å²) in [5.41, 5.74) is 9.20. The first kappa shape index (κ1) is 19.0. The van der Waals surface area contributed by atoms with Gasteiger partial charge in [-0.25, -0.2) is 0 Å². The van der Waals surface area contributed by atoms with Crippen molar-refractivity contribution in [2.75, 3.05) is 0 Å². The molecule has 0 N–H and O–H groups in total. The highest BCUT2D eigenvalue weighted by atomic mass is 16.4. The van der Waals surface area contributed by atoms with Crippen molar-refractivity contribution in [3.8, 4) is 17.1 Å². The highest BCUT2D eigenvalue weighted by Crippen LogP contribution is 2.54. The molecule has 1 aliphatic rings. The highest BCUT2D eigenvalue weighted by Gasteiger charge is 2.38. The molecular formula is C32H22N2O. The third-order valence-electron chi connectivity index (χ3n) is 7.79. The van der Waals surface area contributed by atoms with Gasteiger partial charge in [-0.3, -0.25) is 4.57 Å². The molecule has 3 heteroatoms. The molecule has 0 saturated carbocycles. The number of fused-ring (bicyclic) bond motifs is 9. The van der Waals surface area contributed by atoms with E-state index in [2.05, 4.69) is 91.2 Å². The molecule has 0 bridgehead atoms. The van der Waals surface area contributed by atoms with Gasteiger partial charge in [-0.05, 0) is 69.4 Å². The SMILES string of the molecule is CC1(C)c2cc3ccccc3cc2-c2ccc3c(c21)c1ccccc1n3-c1nc2ccccc2o1. The maximum absolute atomic E-state index is 6.27. The number of para-hydroxylation sites is 3. The van der Waals surface area contributed by atoms with Crippen LogP contribution in [0.3, 0.4) is 0 Å². The molecule has 166 valence electrons. The summed E-state index contributed by atoms with van der Waals surface area (Å²) >= 11 is 0. The zero-order chi connectivity index (χ0) is 23.3. The van der Waals surface area contributed by atoms with E-state index in [9.17, 15) is 0 Å². The summed E-state index contributed by atoms with van der Waals surface area (Å²) < 4.78 is 8.45. The van der Waals surface area contributed by atoms with Crippen LogP contribution in [0.1, 0.15) is 25.0 Å². The molecule has 0 aliphatic heterocycles. The maximum Gasteiger partial charge on any atom is 0.307 e. The molecule has 0 unspecified atom stereocenters. The van der Waals surface area contributed by atoms with Gasteiger partial charge in [-0.2, -0.15) is 4.98 Å². The lowest BCUT2D eigenvalue weighted by Gasteiger charge is -2.23. The first-order chi connectivity index (χ1) is 17.1. The molecule has 35 heavy (non-hydrogen) atoms. The van der Waals surface area contributed by atoms with Crippen LogP contribution in [0.2, 0.25) is 0 Å². The van der Waals surface area contributed by atoms with E-state index in [0.29, 0.717) is 6.01 Å². The topological polar surface area (TPSA) is 31.0 Å². The van der Waals surface area contributed by atoms with Gasteiger partial charge in [0.25, 0.3) is 0 Å². The third-order valence-corrected chi connectivity index (χ3v) is 7.79. The van der Waals surface area contributed by atoms with E-state index in [4.69, 9.17) is 9.40 Å². The molecule has 2 heterocycles. The summed E-state index contributed by atoms with van der Waals surface area (Å²) in [7, 11) is 0. The lowest BCUT2D eigenvalue weighted by Crippen LogP contribution is -2.15. The van der Waals surface area contributed by atoms with Crippen LogP contribution in [0, 0.1) is 0 Å². The van der Waals surface area contributed by atoms with Crippen molar-refractivity contribution in [3.63, 3.8) is 0 Å². The number of nitrogens with zero attached hydrogens (tertiary/aromatic N) is 2. The molecule has 3 nitrogen and oxygen atoms in total. The lowest BCUT2D eigenvalue weighted by molar-refractivity contribution is 0.574. The molecule has 0 amide bonds. The molecular weight excluding hydrogens is 428 g/mol. The minimum absolute atomic E-state index is 0.134. The second-order valence-corrected chi connectivity index (χ2v) is 10.1. The fourth-order valence-electron chi connectivity index (χ4n) is 6.21. The summed E-state index contributed by atoms with van der Waals surface area (Å²) in [5, 5.41) is 5.08. The van der Waals surface area contributed by atoms with Crippen molar-refractivity contribution < 1.29 is 4.42 Å². The summed E-state index contributed by atoms with van der Waals surface area (Å²) in [6.07, 6.45) is 0. The van der Waals surface area contributed by atoms with E-state index < -0.39 is 0 Å². The third kappa shape index (κ3) is 2.37. The van der Waals surface area contributed by atoms with Crippen molar-refractivity contribution in [1.29, 1.82) is 0 Å². The van der Waals surface area contributed by atoms with Crippen LogP contribution < -0.4 is 0 Å². The Balaban J connectivity index is 1.51. The van der Waals surface area contributed by atoms with Gasteiger partial charge in [0, 0.05) is 16.2 Å². The summed E-state index contributed by atoms with van der Waals surface area (Å²) in [6, 6.07) is 35.1. The number of benzene rings is 5. The Bertz CT molecular complexity index is 1950. The van der Waals surface area contributed by atoms with Gasteiger partial charge in [-0.15, -0.1) is 0 Å². The second-order valence-electron chi connectivity index (χ2n) is 10.1. The minimum Gasteiger partial charge on any atom is -0.423 e. The van der Waals surface area contributed by atoms with Crippen molar-refractivity contribution >= 4 is 43.7 Å². The summed E-state index contributed by atoms with van der Waals surface area (Å²) in [4.78, 5) is 4.86. The van der Waals surface area contributed by atoms with Crippen molar-refractivity contribution in [3.05, 3.63) is 108 Å². The summed E-state index contributed by atoms with van der Waals surface area (Å²) in [6.45, 7) is 4.72. The van der Waals surface area contributed by atoms with Crippen LogP contribution in [-0.2, 0) is 5.41 Å². The fraction of sp³-hybridized carbons (Fsp3) is 0.0938. The van der Waals surface area contributed by atoms with Crippen LogP contribution in [0.5, 0.6) is 0 Å². The number of oxazole rings is 1. The predicted molar refractivity (Wildman–Crippen MR) is 143 cm³/mol. The smallest absolute Gasteiger partial charge is 0.307 e. The van der Waals surface area contributed by atoms with Gasteiger partial charge in [0.15, 0.2) is 5.58 Å². The van der Waals surface area contributed by atoms with Gasteiger partial charge in [0.05, 0.1) is 11.0 Å². The largest absolute Gasteiger partial charge is 0.423 e. The van der Waals surface area contributed by atoms with Gasteiger partial charge in [0.1, 0.15) is 5.52 Å². The zero-order valence-corrected chi connectivity index (χ0v) is 19.5. The fourth-order valence-corrected chi connectivity index (χ4v) is 6.21. The van der Waals surface area contributed by atoms with Gasteiger partial charge in [-0.1, -0.05) is 74.5 Å². The maximum atomic E-state index is 6.27. The molecule has 7 aromatic rings. The van der Waals surface area contributed by atoms with Crippen LogP contribution in [0.25, 0.3) is 60.8 Å². The van der Waals surface area contributed by atoms with E-state index in [-0.39, 0.29) is 5.41 Å². The van der Waals surface area contributed by atoms with Crippen molar-refractivity contribution in [2.45, 2.75) is 19.3 Å². The minimum atomic E-state index is -0.134. The molecule has 0 radical (unpaired) electrons. The van der Waals surface area contributed by atoms with E-state index in [1.54, 1.807) is 0 Å². The van der Waals surface area contributed by atoms with Gasteiger partial charge in [0.2, 0.25) is 0 Å². The Hall–Kier alpha value is -4.37. The average molecular weight is 451 g/mol. The number of hydrogen-bond acceptors (Lipinski definition) is 2. The molecule has 0 atom stereocenters. The molecule has 0 fully saturated rings. The lowest BCUT2D eigenvalue weighted by atomic mass is 9.80. The first-order valence-corrected chi connectivity index (χ1v) is 12.1. The van der Waals surface area contributed by atoms with E-state index >= 15 is 0 Å². The van der Waals surface area contributed by atoms with Gasteiger partial charge < -0.3 is 4.42 Å². The number of hydrogen-bond donors (Lipinski definition) is 0. The van der Waals surface area contributed by atoms with Crippen molar-refractivity contribution in [1.82, 2.24) is 9.55 Å².